The molecule has 136 valence electrons. The average molecular weight is 346 g/mol. The van der Waals surface area contributed by atoms with Crippen LogP contribution in [-0.2, 0) is 16.1 Å². The predicted molar refractivity (Wildman–Crippen MR) is 93.1 cm³/mol. The van der Waals surface area contributed by atoms with E-state index in [1.54, 1.807) is 4.90 Å². The van der Waals surface area contributed by atoms with Crippen LogP contribution in [0.5, 0.6) is 0 Å². The third-order valence-corrected chi connectivity index (χ3v) is 4.93. The summed E-state index contributed by atoms with van der Waals surface area (Å²) in [6, 6.07) is 10.1. The zero-order chi connectivity index (χ0) is 18.2. The van der Waals surface area contributed by atoms with Crippen molar-refractivity contribution in [2.75, 3.05) is 26.2 Å². The minimum absolute atomic E-state index is 0.358. The SMILES string of the molecule is CC(C)(C)OC(=O)N1CC2(CN(Cc3ccccc3)CC2C(=O)O)C1. The topological polar surface area (TPSA) is 70.1 Å². The first-order valence-electron chi connectivity index (χ1n) is 8.66. The molecule has 2 aliphatic rings. The number of aliphatic carboxylic acids is 1. The Hall–Kier alpha value is -2.08. The largest absolute Gasteiger partial charge is 0.481 e. The van der Waals surface area contributed by atoms with Gasteiger partial charge in [0.05, 0.1) is 5.92 Å². The molecule has 1 N–H and O–H groups in total. The first kappa shape index (κ1) is 17.7. The number of hydrogen-bond donors (Lipinski definition) is 1. The van der Waals surface area contributed by atoms with E-state index >= 15 is 0 Å². The van der Waals surface area contributed by atoms with Gasteiger partial charge in [-0.2, -0.15) is 0 Å². The molecule has 1 unspecified atom stereocenters. The van der Waals surface area contributed by atoms with Crippen molar-refractivity contribution in [3.63, 3.8) is 0 Å². The Morgan fingerprint density at radius 2 is 1.84 bits per heavy atom. The Bertz CT molecular complexity index is 647. The second-order valence-electron chi connectivity index (χ2n) is 8.24. The highest BCUT2D eigenvalue weighted by atomic mass is 16.6. The van der Waals surface area contributed by atoms with E-state index in [1.165, 1.54) is 5.56 Å². The summed E-state index contributed by atoms with van der Waals surface area (Å²) in [4.78, 5) is 27.7. The van der Waals surface area contributed by atoms with Crippen molar-refractivity contribution in [3.8, 4) is 0 Å². The van der Waals surface area contributed by atoms with Gasteiger partial charge in [-0.25, -0.2) is 4.79 Å². The highest BCUT2D eigenvalue weighted by molar-refractivity contribution is 5.74. The standard InChI is InChI=1S/C19H26N2O4/c1-18(2,3)25-17(24)21-12-19(13-21)11-20(10-15(19)16(22)23)9-14-7-5-4-6-8-14/h4-8,15H,9-13H2,1-3H3,(H,22,23). The fraction of sp³-hybridized carbons (Fsp3) is 0.579. The lowest BCUT2D eigenvalue weighted by molar-refractivity contribution is -0.149. The van der Waals surface area contributed by atoms with E-state index in [1.807, 2.05) is 39.0 Å². The summed E-state index contributed by atoms with van der Waals surface area (Å²) < 4.78 is 5.39. The molecule has 0 saturated carbocycles. The number of carbonyl (C=O) groups is 2. The van der Waals surface area contributed by atoms with Crippen molar-refractivity contribution in [1.29, 1.82) is 0 Å². The third kappa shape index (κ3) is 3.79. The second kappa shape index (κ2) is 6.33. The van der Waals surface area contributed by atoms with Crippen LogP contribution < -0.4 is 0 Å². The normalized spacial score (nSPS) is 22.7. The van der Waals surface area contributed by atoms with Crippen molar-refractivity contribution in [2.45, 2.75) is 32.9 Å². The molecule has 2 saturated heterocycles. The maximum Gasteiger partial charge on any atom is 0.410 e. The molecule has 2 aliphatic heterocycles. The number of carboxylic acids is 1. The minimum atomic E-state index is -0.778. The average Bonchev–Trinajstić information content (AvgIpc) is 2.84. The van der Waals surface area contributed by atoms with Crippen molar-refractivity contribution in [3.05, 3.63) is 35.9 Å². The van der Waals surface area contributed by atoms with Gasteiger partial charge in [0.25, 0.3) is 0 Å². The van der Waals surface area contributed by atoms with Crippen LogP contribution in [-0.4, -0.2) is 58.7 Å². The number of ether oxygens (including phenoxy) is 1. The van der Waals surface area contributed by atoms with Gasteiger partial charge in [-0.15, -0.1) is 0 Å². The van der Waals surface area contributed by atoms with Crippen LogP contribution in [0.1, 0.15) is 26.3 Å². The fourth-order valence-electron chi connectivity index (χ4n) is 3.86. The number of carboxylic acid groups (broad SMARTS) is 1. The summed E-state index contributed by atoms with van der Waals surface area (Å²) in [5.74, 6) is -1.23. The molecular weight excluding hydrogens is 320 g/mol. The molecular formula is C19H26N2O4. The van der Waals surface area contributed by atoms with Crippen LogP contribution in [0.4, 0.5) is 4.79 Å². The van der Waals surface area contributed by atoms with E-state index in [9.17, 15) is 14.7 Å². The summed E-state index contributed by atoms with van der Waals surface area (Å²) in [7, 11) is 0. The summed E-state index contributed by atoms with van der Waals surface area (Å²) in [5, 5.41) is 9.65. The van der Waals surface area contributed by atoms with Gasteiger partial charge in [-0.1, -0.05) is 30.3 Å². The number of hydrogen-bond acceptors (Lipinski definition) is 4. The molecule has 1 amide bonds. The molecule has 25 heavy (non-hydrogen) atoms. The Morgan fingerprint density at radius 3 is 2.40 bits per heavy atom. The Kier molecular flexibility index (Phi) is 4.49. The molecule has 2 fully saturated rings. The molecule has 6 nitrogen and oxygen atoms in total. The van der Waals surface area contributed by atoms with Crippen molar-refractivity contribution in [1.82, 2.24) is 9.80 Å². The quantitative estimate of drug-likeness (QED) is 0.910. The third-order valence-electron chi connectivity index (χ3n) is 4.93. The number of amides is 1. The highest BCUT2D eigenvalue weighted by Gasteiger charge is 2.58. The summed E-state index contributed by atoms with van der Waals surface area (Å²) in [6.45, 7) is 8.34. The van der Waals surface area contributed by atoms with E-state index < -0.39 is 17.5 Å². The molecule has 2 heterocycles. The van der Waals surface area contributed by atoms with Crippen LogP contribution in [0, 0.1) is 11.3 Å². The predicted octanol–water partition coefficient (Wildman–Crippen LogP) is 2.44. The van der Waals surface area contributed by atoms with Gasteiger partial charge in [-0.05, 0) is 26.3 Å². The molecule has 0 aliphatic carbocycles. The van der Waals surface area contributed by atoms with E-state index in [0.29, 0.717) is 26.2 Å². The van der Waals surface area contributed by atoms with Crippen molar-refractivity contribution < 1.29 is 19.4 Å². The maximum atomic E-state index is 12.2. The first-order valence-corrected chi connectivity index (χ1v) is 8.66. The molecule has 1 aromatic rings. The van der Waals surface area contributed by atoms with Crippen LogP contribution in [0.3, 0.4) is 0 Å². The molecule has 1 aromatic carbocycles. The lowest BCUT2D eigenvalue weighted by Gasteiger charge is -2.49. The van der Waals surface area contributed by atoms with Crippen LogP contribution in [0.15, 0.2) is 30.3 Å². The Labute approximate surface area is 148 Å². The van der Waals surface area contributed by atoms with Gasteiger partial charge in [0.15, 0.2) is 0 Å². The highest BCUT2D eigenvalue weighted by Crippen LogP contribution is 2.45. The molecule has 3 rings (SSSR count). The smallest absolute Gasteiger partial charge is 0.410 e. The number of rotatable bonds is 3. The van der Waals surface area contributed by atoms with Gasteiger partial charge in [0.1, 0.15) is 5.60 Å². The molecule has 0 aromatic heterocycles. The molecule has 1 spiro atoms. The summed E-state index contributed by atoms with van der Waals surface area (Å²) in [6.07, 6.45) is -0.358. The molecule has 0 radical (unpaired) electrons. The van der Waals surface area contributed by atoms with E-state index in [4.69, 9.17) is 4.74 Å². The van der Waals surface area contributed by atoms with Crippen molar-refractivity contribution >= 4 is 12.1 Å². The van der Waals surface area contributed by atoms with Gasteiger partial charge in [0, 0.05) is 38.1 Å². The zero-order valence-electron chi connectivity index (χ0n) is 15.1. The maximum absolute atomic E-state index is 12.2. The lowest BCUT2D eigenvalue weighted by atomic mass is 9.72. The van der Waals surface area contributed by atoms with Gasteiger partial charge in [-0.3, -0.25) is 9.69 Å². The summed E-state index contributed by atoms with van der Waals surface area (Å²) in [5.41, 5.74) is 0.269. The number of nitrogens with zero attached hydrogens (tertiary/aromatic N) is 2. The molecule has 1 atom stereocenters. The zero-order valence-corrected chi connectivity index (χ0v) is 15.1. The van der Waals surface area contributed by atoms with E-state index in [2.05, 4.69) is 17.0 Å². The Balaban J connectivity index is 1.65. The van der Waals surface area contributed by atoms with E-state index in [0.717, 1.165) is 6.54 Å². The first-order chi connectivity index (χ1) is 11.7. The summed E-state index contributed by atoms with van der Waals surface area (Å²) >= 11 is 0. The van der Waals surface area contributed by atoms with Crippen LogP contribution in [0.25, 0.3) is 0 Å². The number of carbonyl (C=O) groups excluding carboxylic acids is 1. The van der Waals surface area contributed by atoms with E-state index in [-0.39, 0.29) is 11.5 Å². The minimum Gasteiger partial charge on any atom is -0.481 e. The van der Waals surface area contributed by atoms with Gasteiger partial charge >= 0.3 is 12.1 Å². The Morgan fingerprint density at radius 1 is 1.20 bits per heavy atom. The number of likely N-dealkylation sites (tertiary alicyclic amines) is 2. The monoisotopic (exact) mass is 346 g/mol. The molecule has 0 bridgehead atoms. The number of benzene rings is 1. The fourth-order valence-corrected chi connectivity index (χ4v) is 3.86. The van der Waals surface area contributed by atoms with Crippen molar-refractivity contribution in [2.24, 2.45) is 11.3 Å². The van der Waals surface area contributed by atoms with Gasteiger partial charge < -0.3 is 14.7 Å². The lowest BCUT2D eigenvalue weighted by Crippen LogP contribution is -2.63. The van der Waals surface area contributed by atoms with Crippen LogP contribution in [0.2, 0.25) is 0 Å². The van der Waals surface area contributed by atoms with Crippen LogP contribution >= 0.6 is 0 Å². The van der Waals surface area contributed by atoms with Gasteiger partial charge in [0.2, 0.25) is 0 Å². The second-order valence-corrected chi connectivity index (χ2v) is 8.24. The molecule has 6 heteroatoms.